The number of rotatable bonds is 7. The van der Waals surface area contributed by atoms with E-state index < -0.39 is 11.5 Å². The topological polar surface area (TPSA) is 78.4 Å². The highest BCUT2D eigenvalue weighted by Crippen LogP contribution is 2.13. The largest absolute Gasteiger partial charge is 0.393 e. The Kier molecular flexibility index (Phi) is 7.42. The second-order valence-electron chi connectivity index (χ2n) is 7.49. The highest BCUT2D eigenvalue weighted by atomic mass is 16.3. The molecular weight excluding hydrogens is 304 g/mol. The van der Waals surface area contributed by atoms with Crippen LogP contribution in [0.3, 0.4) is 0 Å². The van der Waals surface area contributed by atoms with Crippen molar-refractivity contribution >= 4 is 11.8 Å². The molecule has 0 aromatic heterocycles. The van der Waals surface area contributed by atoms with Crippen molar-refractivity contribution in [2.24, 2.45) is 11.3 Å². The molecule has 5 heteroatoms. The summed E-state index contributed by atoms with van der Waals surface area (Å²) in [5, 5.41) is 15.4. The van der Waals surface area contributed by atoms with E-state index in [4.69, 9.17) is 0 Å². The third-order valence-electron chi connectivity index (χ3n) is 3.85. The lowest BCUT2D eigenvalue weighted by atomic mass is 9.95. The zero-order chi connectivity index (χ0) is 18.3. The summed E-state index contributed by atoms with van der Waals surface area (Å²) in [6.07, 6.45) is 0.138. The van der Waals surface area contributed by atoms with E-state index in [1.54, 1.807) is 12.1 Å². The molecule has 0 saturated carbocycles. The van der Waals surface area contributed by atoms with E-state index in [1.165, 1.54) is 0 Å². The minimum absolute atomic E-state index is 0.00645. The number of carbonyl (C=O) groups excluding carboxylic acids is 2. The molecule has 0 radical (unpaired) electrons. The second kappa shape index (κ2) is 8.83. The van der Waals surface area contributed by atoms with Gasteiger partial charge >= 0.3 is 0 Å². The molecule has 1 unspecified atom stereocenters. The summed E-state index contributed by atoms with van der Waals surface area (Å²) in [4.78, 5) is 23.9. The first-order valence-electron chi connectivity index (χ1n) is 8.44. The molecule has 0 saturated heterocycles. The molecule has 0 aliphatic carbocycles. The predicted molar refractivity (Wildman–Crippen MR) is 95.5 cm³/mol. The van der Waals surface area contributed by atoms with Gasteiger partial charge in [-0.05, 0) is 30.0 Å². The molecule has 24 heavy (non-hydrogen) atoms. The number of aliphatic hydroxyl groups excluding tert-OH is 1. The fourth-order valence-corrected chi connectivity index (χ4v) is 1.99. The average Bonchev–Trinajstić information content (AvgIpc) is 2.51. The number of carbonyl (C=O) groups is 2. The summed E-state index contributed by atoms with van der Waals surface area (Å²) in [5.41, 5.74) is 1.10. The van der Waals surface area contributed by atoms with Crippen LogP contribution in [0.15, 0.2) is 24.3 Å². The fourth-order valence-electron chi connectivity index (χ4n) is 1.99. The first-order chi connectivity index (χ1) is 11.1. The molecule has 0 aliphatic heterocycles. The summed E-state index contributed by atoms with van der Waals surface area (Å²) >= 11 is 0. The van der Waals surface area contributed by atoms with Gasteiger partial charge in [-0.2, -0.15) is 0 Å². The molecule has 0 heterocycles. The molecular formula is C19H30N2O3. The Labute approximate surface area is 144 Å². The van der Waals surface area contributed by atoms with Crippen LogP contribution in [-0.2, 0) is 11.3 Å². The monoisotopic (exact) mass is 334 g/mol. The van der Waals surface area contributed by atoms with Crippen LogP contribution in [-0.4, -0.2) is 29.6 Å². The van der Waals surface area contributed by atoms with Crippen LogP contribution in [0.5, 0.6) is 0 Å². The molecule has 1 aromatic rings. The average molecular weight is 334 g/mol. The van der Waals surface area contributed by atoms with Gasteiger partial charge < -0.3 is 15.7 Å². The standard InChI is InChI=1S/C19H30N2O3/c1-13(2)16(22)10-11-20-17(23)15-8-6-14(7-9-15)12-21-18(24)19(3,4)5/h6-9,13,16,22H,10-12H2,1-5H3,(H,20,23)(H,21,24). The van der Waals surface area contributed by atoms with Gasteiger partial charge in [-0.3, -0.25) is 9.59 Å². The van der Waals surface area contributed by atoms with Crippen LogP contribution >= 0.6 is 0 Å². The van der Waals surface area contributed by atoms with E-state index in [-0.39, 0.29) is 17.7 Å². The van der Waals surface area contributed by atoms with E-state index in [1.807, 2.05) is 46.8 Å². The molecule has 0 fully saturated rings. The van der Waals surface area contributed by atoms with E-state index in [2.05, 4.69) is 10.6 Å². The Bertz CT molecular complexity index is 545. The predicted octanol–water partition coefficient (Wildman–Crippen LogP) is 2.49. The lowest BCUT2D eigenvalue weighted by molar-refractivity contribution is -0.128. The maximum atomic E-state index is 12.0. The van der Waals surface area contributed by atoms with Gasteiger partial charge in [-0.1, -0.05) is 46.8 Å². The lowest BCUT2D eigenvalue weighted by Gasteiger charge is -2.17. The first kappa shape index (κ1) is 20.2. The summed E-state index contributed by atoms with van der Waals surface area (Å²) in [6.45, 7) is 10.4. The number of amides is 2. The third-order valence-corrected chi connectivity index (χ3v) is 3.85. The Morgan fingerprint density at radius 1 is 1.08 bits per heavy atom. The van der Waals surface area contributed by atoms with Crippen molar-refractivity contribution in [1.82, 2.24) is 10.6 Å². The quantitative estimate of drug-likeness (QED) is 0.717. The molecule has 5 nitrogen and oxygen atoms in total. The van der Waals surface area contributed by atoms with Crippen molar-refractivity contribution < 1.29 is 14.7 Å². The number of nitrogens with one attached hydrogen (secondary N) is 2. The van der Waals surface area contributed by atoms with Crippen LogP contribution in [0.2, 0.25) is 0 Å². The van der Waals surface area contributed by atoms with Crippen LogP contribution in [0.25, 0.3) is 0 Å². The van der Waals surface area contributed by atoms with Crippen molar-refractivity contribution in [3.8, 4) is 0 Å². The Morgan fingerprint density at radius 3 is 2.17 bits per heavy atom. The highest BCUT2D eigenvalue weighted by molar-refractivity contribution is 5.94. The first-order valence-corrected chi connectivity index (χ1v) is 8.44. The Hall–Kier alpha value is -1.88. The van der Waals surface area contributed by atoms with Crippen molar-refractivity contribution in [3.05, 3.63) is 35.4 Å². The molecule has 3 N–H and O–H groups in total. The highest BCUT2D eigenvalue weighted by Gasteiger charge is 2.20. The SMILES string of the molecule is CC(C)C(O)CCNC(=O)c1ccc(CNC(=O)C(C)(C)C)cc1. The van der Waals surface area contributed by atoms with Gasteiger partial charge in [0.1, 0.15) is 0 Å². The fraction of sp³-hybridized carbons (Fsp3) is 0.579. The van der Waals surface area contributed by atoms with Gasteiger partial charge in [0.15, 0.2) is 0 Å². The van der Waals surface area contributed by atoms with Crippen LogP contribution in [0, 0.1) is 11.3 Å². The molecule has 134 valence electrons. The number of hydrogen-bond acceptors (Lipinski definition) is 3. The van der Waals surface area contributed by atoms with E-state index in [9.17, 15) is 14.7 Å². The summed E-state index contributed by atoms with van der Waals surface area (Å²) < 4.78 is 0. The van der Waals surface area contributed by atoms with Gasteiger partial charge in [0.2, 0.25) is 5.91 Å². The number of hydrogen-bond donors (Lipinski definition) is 3. The van der Waals surface area contributed by atoms with Gasteiger partial charge in [0, 0.05) is 24.1 Å². The summed E-state index contributed by atoms with van der Waals surface area (Å²) in [6, 6.07) is 7.15. The molecule has 1 rings (SSSR count). The molecule has 0 aliphatic rings. The molecule has 1 atom stereocenters. The Morgan fingerprint density at radius 2 is 1.67 bits per heavy atom. The van der Waals surface area contributed by atoms with Crippen LogP contribution in [0.1, 0.15) is 57.0 Å². The molecule has 2 amide bonds. The van der Waals surface area contributed by atoms with Crippen LogP contribution in [0.4, 0.5) is 0 Å². The molecule has 0 bridgehead atoms. The second-order valence-corrected chi connectivity index (χ2v) is 7.49. The van der Waals surface area contributed by atoms with Crippen molar-refractivity contribution in [1.29, 1.82) is 0 Å². The van der Waals surface area contributed by atoms with Crippen molar-refractivity contribution in [3.63, 3.8) is 0 Å². The lowest BCUT2D eigenvalue weighted by Crippen LogP contribution is -2.34. The number of benzene rings is 1. The van der Waals surface area contributed by atoms with Crippen molar-refractivity contribution in [2.45, 2.75) is 53.7 Å². The zero-order valence-electron chi connectivity index (χ0n) is 15.3. The maximum absolute atomic E-state index is 12.0. The molecule has 0 spiro atoms. The minimum atomic E-state index is -0.416. The summed E-state index contributed by atoms with van der Waals surface area (Å²) in [7, 11) is 0. The number of aliphatic hydroxyl groups is 1. The van der Waals surface area contributed by atoms with Crippen LogP contribution < -0.4 is 10.6 Å². The maximum Gasteiger partial charge on any atom is 0.251 e. The summed E-state index contributed by atoms with van der Waals surface area (Å²) in [5.74, 6) is 0.0220. The van der Waals surface area contributed by atoms with Gasteiger partial charge in [0.25, 0.3) is 5.91 Å². The normalized spacial score (nSPS) is 12.8. The minimum Gasteiger partial charge on any atom is -0.393 e. The zero-order valence-corrected chi connectivity index (χ0v) is 15.3. The smallest absolute Gasteiger partial charge is 0.251 e. The van der Waals surface area contributed by atoms with Gasteiger partial charge in [-0.25, -0.2) is 0 Å². The van der Waals surface area contributed by atoms with E-state index in [0.29, 0.717) is 25.1 Å². The van der Waals surface area contributed by atoms with E-state index >= 15 is 0 Å². The third kappa shape index (κ3) is 6.71. The van der Waals surface area contributed by atoms with E-state index in [0.717, 1.165) is 5.56 Å². The Balaban J connectivity index is 2.46. The van der Waals surface area contributed by atoms with Crippen molar-refractivity contribution in [2.75, 3.05) is 6.54 Å². The molecule has 1 aromatic carbocycles. The van der Waals surface area contributed by atoms with Gasteiger partial charge in [0.05, 0.1) is 6.10 Å². The van der Waals surface area contributed by atoms with Gasteiger partial charge in [-0.15, -0.1) is 0 Å².